The van der Waals surface area contributed by atoms with Gasteiger partial charge in [-0.1, -0.05) is 12.1 Å². The molecule has 19 heavy (non-hydrogen) atoms. The van der Waals surface area contributed by atoms with Crippen LogP contribution in [-0.2, 0) is 6.54 Å². The van der Waals surface area contributed by atoms with Gasteiger partial charge in [0.1, 0.15) is 0 Å². The summed E-state index contributed by atoms with van der Waals surface area (Å²) in [7, 11) is 2.18. The van der Waals surface area contributed by atoms with Crippen molar-refractivity contribution < 1.29 is 0 Å². The number of pyridine rings is 1. The molecule has 1 N–H and O–H groups in total. The topological polar surface area (TPSA) is 31.4 Å². The Morgan fingerprint density at radius 2 is 1.95 bits per heavy atom. The summed E-state index contributed by atoms with van der Waals surface area (Å²) in [4.78, 5) is 6.50. The summed E-state index contributed by atoms with van der Waals surface area (Å²) in [5, 5.41) is 4.77. The number of hydrazine groups is 1. The number of benzene rings is 1. The van der Waals surface area contributed by atoms with Crippen LogP contribution in [0.3, 0.4) is 0 Å². The minimum atomic E-state index is 0.891. The molecule has 0 unspecified atom stereocenters. The van der Waals surface area contributed by atoms with Crippen molar-refractivity contribution in [1.29, 1.82) is 0 Å². The summed E-state index contributed by atoms with van der Waals surface area (Å²) in [5.74, 6) is 0. The van der Waals surface area contributed by atoms with Gasteiger partial charge in [0, 0.05) is 50.5 Å². The van der Waals surface area contributed by atoms with E-state index in [-0.39, 0.29) is 0 Å². The Hall–Kier alpha value is -1.49. The number of hydrogen-bond donors (Lipinski definition) is 1. The summed E-state index contributed by atoms with van der Waals surface area (Å²) in [6.07, 6.45) is 3.76. The summed E-state index contributed by atoms with van der Waals surface area (Å²) < 4.78 is 0. The molecule has 0 atom stereocenters. The Kier molecular flexibility index (Phi) is 3.73. The largest absolute Gasteiger partial charge is 0.304 e. The van der Waals surface area contributed by atoms with Crippen LogP contribution in [0.2, 0.25) is 0 Å². The second-order valence-corrected chi connectivity index (χ2v) is 5.18. The van der Waals surface area contributed by atoms with Crippen molar-refractivity contribution in [2.75, 3.05) is 33.2 Å². The van der Waals surface area contributed by atoms with E-state index in [4.69, 9.17) is 0 Å². The maximum absolute atomic E-state index is 4.14. The molecule has 100 valence electrons. The number of likely N-dealkylation sites (N-methyl/N-ethyl adjacent to an activating group) is 1. The molecule has 4 heteroatoms. The summed E-state index contributed by atoms with van der Waals surface area (Å²) in [6, 6.07) is 8.62. The molecular weight excluding hydrogens is 236 g/mol. The predicted molar refractivity (Wildman–Crippen MR) is 77.7 cm³/mol. The van der Waals surface area contributed by atoms with Gasteiger partial charge in [0.25, 0.3) is 0 Å². The van der Waals surface area contributed by atoms with Gasteiger partial charge >= 0.3 is 0 Å². The zero-order valence-electron chi connectivity index (χ0n) is 11.3. The van der Waals surface area contributed by atoms with Crippen molar-refractivity contribution in [2.45, 2.75) is 6.54 Å². The van der Waals surface area contributed by atoms with Crippen LogP contribution in [0.1, 0.15) is 5.56 Å². The monoisotopic (exact) mass is 256 g/mol. The van der Waals surface area contributed by atoms with Crippen molar-refractivity contribution in [2.24, 2.45) is 0 Å². The van der Waals surface area contributed by atoms with Gasteiger partial charge in [-0.25, -0.2) is 5.01 Å². The molecule has 2 heterocycles. The summed E-state index contributed by atoms with van der Waals surface area (Å²) >= 11 is 0. The highest BCUT2D eigenvalue weighted by Crippen LogP contribution is 2.14. The molecule has 0 spiro atoms. The first-order valence-corrected chi connectivity index (χ1v) is 6.81. The normalized spacial score (nSPS) is 17.9. The molecule has 1 saturated heterocycles. The number of hydrogen-bond acceptors (Lipinski definition) is 4. The van der Waals surface area contributed by atoms with Crippen LogP contribution in [0.25, 0.3) is 10.8 Å². The Balaban J connectivity index is 1.62. The van der Waals surface area contributed by atoms with E-state index in [0.29, 0.717) is 0 Å². The van der Waals surface area contributed by atoms with Crippen LogP contribution < -0.4 is 5.43 Å². The quantitative estimate of drug-likeness (QED) is 0.901. The lowest BCUT2D eigenvalue weighted by atomic mass is 10.1. The summed E-state index contributed by atoms with van der Waals surface area (Å²) in [6.45, 7) is 5.34. The number of rotatable bonds is 3. The maximum atomic E-state index is 4.14. The van der Waals surface area contributed by atoms with E-state index in [0.717, 1.165) is 32.7 Å². The molecule has 0 bridgehead atoms. The third-order valence-corrected chi connectivity index (χ3v) is 3.72. The van der Waals surface area contributed by atoms with E-state index in [2.05, 4.69) is 51.6 Å². The minimum Gasteiger partial charge on any atom is -0.304 e. The number of piperazine rings is 1. The molecule has 0 aliphatic carbocycles. The van der Waals surface area contributed by atoms with Gasteiger partial charge in [-0.15, -0.1) is 0 Å². The third kappa shape index (κ3) is 3.10. The Morgan fingerprint density at radius 1 is 1.11 bits per heavy atom. The number of nitrogens with zero attached hydrogens (tertiary/aromatic N) is 3. The molecule has 1 aliphatic rings. The zero-order chi connectivity index (χ0) is 13.1. The SMILES string of the molecule is CN1CCN(NCc2ccc3cnccc3c2)CC1. The van der Waals surface area contributed by atoms with Crippen LogP contribution in [-0.4, -0.2) is 48.1 Å². The first-order valence-electron chi connectivity index (χ1n) is 6.81. The molecular formula is C15H20N4. The van der Waals surface area contributed by atoms with E-state index in [1.165, 1.54) is 16.3 Å². The Bertz CT molecular complexity index is 547. The average Bonchev–Trinajstić information content (AvgIpc) is 2.46. The molecule has 0 saturated carbocycles. The first kappa shape index (κ1) is 12.5. The van der Waals surface area contributed by atoms with Gasteiger partial charge in [-0.05, 0) is 30.1 Å². The second-order valence-electron chi connectivity index (χ2n) is 5.18. The van der Waals surface area contributed by atoms with Gasteiger partial charge in [0.2, 0.25) is 0 Å². The van der Waals surface area contributed by atoms with Crippen molar-refractivity contribution in [3.05, 3.63) is 42.2 Å². The highest BCUT2D eigenvalue weighted by atomic mass is 15.5. The fraction of sp³-hybridized carbons (Fsp3) is 0.400. The van der Waals surface area contributed by atoms with Crippen LogP contribution >= 0.6 is 0 Å². The lowest BCUT2D eigenvalue weighted by molar-refractivity contribution is 0.102. The summed E-state index contributed by atoms with van der Waals surface area (Å²) in [5.41, 5.74) is 4.83. The Labute approximate surface area is 114 Å². The van der Waals surface area contributed by atoms with Crippen LogP contribution in [0, 0.1) is 0 Å². The van der Waals surface area contributed by atoms with Gasteiger partial charge < -0.3 is 4.90 Å². The van der Waals surface area contributed by atoms with Gasteiger partial charge in [-0.2, -0.15) is 0 Å². The molecule has 1 aromatic heterocycles. The van der Waals surface area contributed by atoms with Gasteiger partial charge in [0.15, 0.2) is 0 Å². The van der Waals surface area contributed by atoms with Crippen LogP contribution in [0.4, 0.5) is 0 Å². The first-order chi connectivity index (χ1) is 9.31. The maximum Gasteiger partial charge on any atom is 0.0353 e. The fourth-order valence-corrected chi connectivity index (χ4v) is 2.41. The number of nitrogens with one attached hydrogen (secondary N) is 1. The van der Waals surface area contributed by atoms with Crippen molar-refractivity contribution in [3.63, 3.8) is 0 Å². The smallest absolute Gasteiger partial charge is 0.0353 e. The molecule has 2 aromatic rings. The highest BCUT2D eigenvalue weighted by molar-refractivity contribution is 5.81. The number of fused-ring (bicyclic) bond motifs is 1. The zero-order valence-corrected chi connectivity index (χ0v) is 11.3. The molecule has 3 rings (SSSR count). The van der Waals surface area contributed by atoms with E-state index in [1.807, 2.05) is 12.4 Å². The van der Waals surface area contributed by atoms with Crippen LogP contribution in [0.15, 0.2) is 36.7 Å². The lowest BCUT2D eigenvalue weighted by Crippen LogP contribution is -2.50. The predicted octanol–water partition coefficient (Wildman–Crippen LogP) is 1.49. The molecule has 4 nitrogen and oxygen atoms in total. The standard InChI is InChI=1S/C15H20N4/c1-18-6-8-19(9-7-18)17-11-13-2-3-15-12-16-5-4-14(15)10-13/h2-5,10,12,17H,6-9,11H2,1H3. The van der Waals surface area contributed by atoms with E-state index < -0.39 is 0 Å². The molecule has 0 radical (unpaired) electrons. The Morgan fingerprint density at radius 3 is 2.79 bits per heavy atom. The molecule has 1 fully saturated rings. The lowest BCUT2D eigenvalue weighted by Gasteiger charge is -2.32. The minimum absolute atomic E-state index is 0.891. The van der Waals surface area contributed by atoms with Crippen LogP contribution in [0.5, 0.6) is 0 Å². The van der Waals surface area contributed by atoms with E-state index in [1.54, 1.807) is 0 Å². The van der Waals surface area contributed by atoms with Gasteiger partial charge in [0.05, 0.1) is 0 Å². The number of aromatic nitrogens is 1. The third-order valence-electron chi connectivity index (χ3n) is 3.72. The van der Waals surface area contributed by atoms with E-state index >= 15 is 0 Å². The molecule has 1 aliphatic heterocycles. The fourth-order valence-electron chi connectivity index (χ4n) is 2.41. The van der Waals surface area contributed by atoms with Crippen molar-refractivity contribution in [1.82, 2.24) is 20.3 Å². The van der Waals surface area contributed by atoms with Gasteiger partial charge in [-0.3, -0.25) is 10.4 Å². The second kappa shape index (κ2) is 5.65. The highest BCUT2D eigenvalue weighted by Gasteiger charge is 2.12. The molecule has 1 aromatic carbocycles. The van der Waals surface area contributed by atoms with Crippen molar-refractivity contribution in [3.8, 4) is 0 Å². The van der Waals surface area contributed by atoms with Crippen molar-refractivity contribution >= 4 is 10.8 Å². The average molecular weight is 256 g/mol. The van der Waals surface area contributed by atoms with E-state index in [9.17, 15) is 0 Å². The molecule has 0 amide bonds.